The van der Waals surface area contributed by atoms with Crippen molar-refractivity contribution in [1.82, 2.24) is 0 Å². The van der Waals surface area contributed by atoms with Crippen molar-refractivity contribution < 1.29 is 0 Å². The molecule has 0 aliphatic heterocycles. The molecule has 0 N–H and O–H groups in total. The maximum absolute atomic E-state index is 2.33. The van der Waals surface area contributed by atoms with E-state index < -0.39 is 0 Å². The summed E-state index contributed by atoms with van der Waals surface area (Å²) in [5.41, 5.74) is 1.76. The summed E-state index contributed by atoms with van der Waals surface area (Å²) in [6.07, 6.45) is 6.84. The van der Waals surface area contributed by atoms with E-state index in [0.717, 1.165) is 0 Å². The predicted molar refractivity (Wildman–Crippen MR) is 45.8 cm³/mol. The van der Waals surface area contributed by atoms with Crippen LogP contribution in [0, 0.1) is 11.3 Å². The van der Waals surface area contributed by atoms with Crippen molar-refractivity contribution in [3.8, 4) is 0 Å². The van der Waals surface area contributed by atoms with Gasteiger partial charge < -0.3 is 0 Å². The van der Waals surface area contributed by atoms with E-state index >= 15 is 0 Å². The molecule has 0 unspecified atom stereocenters. The van der Waals surface area contributed by atoms with Crippen LogP contribution in [0.15, 0.2) is 23.8 Å². The maximum Gasteiger partial charge on any atom is -0.0111 e. The number of hydrogen-bond donors (Lipinski definition) is 0. The number of rotatable bonds is 0. The van der Waals surface area contributed by atoms with Crippen molar-refractivity contribution in [2.24, 2.45) is 11.3 Å². The topological polar surface area (TPSA) is 0 Å². The molecule has 0 saturated carbocycles. The molecule has 0 radical (unpaired) electrons. The quantitative estimate of drug-likeness (QED) is 0.480. The van der Waals surface area contributed by atoms with Gasteiger partial charge in [-0.1, -0.05) is 44.6 Å². The van der Waals surface area contributed by atoms with E-state index in [2.05, 4.69) is 45.9 Å². The lowest BCUT2D eigenvalue weighted by atomic mass is 9.76. The zero-order valence-corrected chi connectivity index (χ0v) is 7.31. The first-order chi connectivity index (χ1) is 4.52. The van der Waals surface area contributed by atoms with E-state index in [1.807, 2.05) is 0 Å². The first-order valence-corrected chi connectivity index (χ1v) is 3.90. The molecule has 0 heterocycles. The van der Waals surface area contributed by atoms with Crippen LogP contribution < -0.4 is 0 Å². The van der Waals surface area contributed by atoms with Crippen molar-refractivity contribution in [1.29, 1.82) is 0 Å². The van der Waals surface area contributed by atoms with E-state index in [9.17, 15) is 0 Å². The molecule has 1 atom stereocenters. The number of hydrogen-bond acceptors (Lipinski definition) is 0. The van der Waals surface area contributed by atoms with Gasteiger partial charge in [0.2, 0.25) is 0 Å². The molecule has 0 aromatic rings. The Morgan fingerprint density at radius 1 is 1.40 bits per heavy atom. The van der Waals surface area contributed by atoms with E-state index in [1.165, 1.54) is 5.57 Å². The van der Waals surface area contributed by atoms with Gasteiger partial charge in [-0.3, -0.25) is 0 Å². The second-order valence-corrected chi connectivity index (χ2v) is 3.85. The van der Waals surface area contributed by atoms with Crippen LogP contribution >= 0.6 is 0 Å². The van der Waals surface area contributed by atoms with Crippen LogP contribution in [0.25, 0.3) is 0 Å². The third-order valence-corrected chi connectivity index (χ3v) is 2.46. The maximum atomic E-state index is 2.33. The Labute approximate surface area is 63.6 Å². The normalized spacial score (nSPS) is 30.0. The molecule has 0 fully saturated rings. The molecule has 1 rings (SSSR count). The lowest BCUT2D eigenvalue weighted by Gasteiger charge is -2.29. The van der Waals surface area contributed by atoms with Crippen molar-refractivity contribution in [2.75, 3.05) is 0 Å². The van der Waals surface area contributed by atoms with Gasteiger partial charge in [0.05, 0.1) is 0 Å². The number of allylic oxidation sites excluding steroid dienone is 4. The van der Waals surface area contributed by atoms with E-state index in [4.69, 9.17) is 0 Å². The molecule has 0 heteroatoms. The summed E-state index contributed by atoms with van der Waals surface area (Å²) in [5, 5.41) is 0. The molecule has 10 heavy (non-hydrogen) atoms. The van der Waals surface area contributed by atoms with Gasteiger partial charge in [-0.25, -0.2) is 0 Å². The standard InChI is InChI=1S/C10H16/c1-8-5-6-10(3,4)9(2)7-8/h5-7,9H,1-4H3/t9-/m0/s1. The smallest absolute Gasteiger partial charge is 0.0111 e. The van der Waals surface area contributed by atoms with Gasteiger partial charge in [0.25, 0.3) is 0 Å². The minimum atomic E-state index is 0.361. The largest absolute Gasteiger partial charge is 0.0780 e. The molecule has 0 aromatic heterocycles. The van der Waals surface area contributed by atoms with Crippen LogP contribution in [-0.4, -0.2) is 0 Å². The van der Waals surface area contributed by atoms with Gasteiger partial charge >= 0.3 is 0 Å². The Morgan fingerprint density at radius 2 is 2.00 bits per heavy atom. The van der Waals surface area contributed by atoms with E-state index in [-0.39, 0.29) is 0 Å². The highest BCUT2D eigenvalue weighted by molar-refractivity contribution is 5.25. The van der Waals surface area contributed by atoms with Crippen molar-refractivity contribution in [3.05, 3.63) is 23.8 Å². The summed E-state index contributed by atoms with van der Waals surface area (Å²) >= 11 is 0. The Bertz CT molecular complexity index is 182. The van der Waals surface area contributed by atoms with Crippen molar-refractivity contribution in [3.63, 3.8) is 0 Å². The van der Waals surface area contributed by atoms with Gasteiger partial charge in [-0.05, 0) is 18.3 Å². The summed E-state index contributed by atoms with van der Waals surface area (Å²) in [4.78, 5) is 0. The molecule has 1 aliphatic rings. The molecule has 0 saturated heterocycles. The van der Waals surface area contributed by atoms with Crippen molar-refractivity contribution in [2.45, 2.75) is 27.7 Å². The molecular formula is C10H16. The molecule has 0 bridgehead atoms. The van der Waals surface area contributed by atoms with E-state index in [1.54, 1.807) is 0 Å². The SMILES string of the molecule is CC1=C[C@H](C)C(C)(C)C=C1. The summed E-state index contributed by atoms with van der Waals surface area (Å²) in [7, 11) is 0. The van der Waals surface area contributed by atoms with Crippen LogP contribution in [0.1, 0.15) is 27.7 Å². The predicted octanol–water partition coefficient (Wildman–Crippen LogP) is 3.16. The Hall–Kier alpha value is -0.520. The van der Waals surface area contributed by atoms with Gasteiger partial charge in [0, 0.05) is 0 Å². The average Bonchev–Trinajstić information content (AvgIpc) is 1.81. The minimum Gasteiger partial charge on any atom is -0.0780 e. The Balaban J connectivity index is 2.84. The van der Waals surface area contributed by atoms with Gasteiger partial charge in [0.1, 0.15) is 0 Å². The highest BCUT2D eigenvalue weighted by atomic mass is 14.3. The lowest BCUT2D eigenvalue weighted by Crippen LogP contribution is -2.19. The molecule has 1 aliphatic carbocycles. The molecule has 0 spiro atoms. The highest BCUT2D eigenvalue weighted by Crippen LogP contribution is 2.33. The zero-order chi connectivity index (χ0) is 7.78. The van der Waals surface area contributed by atoms with Crippen LogP contribution in [-0.2, 0) is 0 Å². The second kappa shape index (κ2) is 2.26. The average molecular weight is 136 g/mol. The lowest BCUT2D eigenvalue weighted by molar-refractivity contribution is 0.362. The Kier molecular flexibility index (Phi) is 1.72. The molecule has 56 valence electrons. The first-order valence-electron chi connectivity index (χ1n) is 3.90. The molecule has 0 aromatic carbocycles. The van der Waals surface area contributed by atoms with Gasteiger partial charge in [-0.2, -0.15) is 0 Å². The zero-order valence-electron chi connectivity index (χ0n) is 7.31. The first kappa shape index (κ1) is 7.59. The molecular weight excluding hydrogens is 120 g/mol. The monoisotopic (exact) mass is 136 g/mol. The summed E-state index contributed by atoms with van der Waals surface area (Å²) in [6, 6.07) is 0. The van der Waals surface area contributed by atoms with Crippen LogP contribution in [0.2, 0.25) is 0 Å². The van der Waals surface area contributed by atoms with Gasteiger partial charge in [-0.15, -0.1) is 0 Å². The minimum absolute atomic E-state index is 0.361. The fraction of sp³-hybridized carbons (Fsp3) is 0.600. The van der Waals surface area contributed by atoms with Crippen LogP contribution in [0.3, 0.4) is 0 Å². The van der Waals surface area contributed by atoms with Crippen LogP contribution in [0.5, 0.6) is 0 Å². The van der Waals surface area contributed by atoms with E-state index in [0.29, 0.717) is 11.3 Å². The second-order valence-electron chi connectivity index (χ2n) is 3.85. The fourth-order valence-corrected chi connectivity index (χ4v) is 1.16. The van der Waals surface area contributed by atoms with Crippen LogP contribution in [0.4, 0.5) is 0 Å². The van der Waals surface area contributed by atoms with Gasteiger partial charge in [0.15, 0.2) is 0 Å². The Morgan fingerprint density at radius 3 is 2.40 bits per heavy atom. The third-order valence-electron chi connectivity index (χ3n) is 2.46. The highest BCUT2D eigenvalue weighted by Gasteiger charge is 2.22. The molecule has 0 nitrogen and oxygen atoms in total. The summed E-state index contributed by atoms with van der Waals surface area (Å²) < 4.78 is 0. The molecule has 0 amide bonds. The summed E-state index contributed by atoms with van der Waals surface area (Å²) in [6.45, 7) is 8.98. The van der Waals surface area contributed by atoms with Crippen molar-refractivity contribution >= 4 is 0 Å². The summed E-state index contributed by atoms with van der Waals surface area (Å²) in [5.74, 6) is 0.678. The fourth-order valence-electron chi connectivity index (χ4n) is 1.16. The third kappa shape index (κ3) is 1.31.